The zero-order chi connectivity index (χ0) is 19.3. The lowest BCUT2D eigenvalue weighted by Crippen LogP contribution is -2.38. The molecular formula is C21H21NO5. The number of carbonyl (C=O) groups is 4. The van der Waals surface area contributed by atoms with Crippen molar-refractivity contribution in [2.75, 3.05) is 13.2 Å². The fourth-order valence-corrected chi connectivity index (χ4v) is 4.44. The Bertz CT molecular complexity index is 857. The van der Waals surface area contributed by atoms with Gasteiger partial charge in [0.1, 0.15) is 6.54 Å². The number of fused-ring (bicyclic) bond motifs is 5. The highest BCUT2D eigenvalue weighted by atomic mass is 16.5. The van der Waals surface area contributed by atoms with Crippen molar-refractivity contribution in [3.05, 3.63) is 47.0 Å². The molecule has 4 atom stereocenters. The number of nitrogens with zero attached hydrogens (tertiary/aromatic N) is 1. The van der Waals surface area contributed by atoms with E-state index >= 15 is 0 Å². The molecule has 2 fully saturated rings. The Morgan fingerprint density at radius 2 is 1.67 bits per heavy atom. The fourth-order valence-electron chi connectivity index (χ4n) is 4.44. The van der Waals surface area contributed by atoms with Crippen LogP contribution < -0.4 is 0 Å². The minimum Gasteiger partial charge on any atom is -0.456 e. The van der Waals surface area contributed by atoms with Crippen molar-refractivity contribution in [3.63, 3.8) is 0 Å². The highest BCUT2D eigenvalue weighted by Crippen LogP contribution is 2.52. The third-order valence-electron chi connectivity index (χ3n) is 6.04. The predicted molar refractivity (Wildman–Crippen MR) is 95.6 cm³/mol. The van der Waals surface area contributed by atoms with Crippen LogP contribution in [0.25, 0.3) is 0 Å². The van der Waals surface area contributed by atoms with Crippen LogP contribution >= 0.6 is 0 Å². The average Bonchev–Trinajstić information content (AvgIpc) is 3.32. The number of benzene rings is 1. The van der Waals surface area contributed by atoms with Crippen LogP contribution in [-0.2, 0) is 19.1 Å². The second kappa shape index (κ2) is 6.44. The predicted octanol–water partition coefficient (Wildman–Crippen LogP) is 1.84. The Morgan fingerprint density at radius 1 is 1.04 bits per heavy atom. The molecule has 6 heteroatoms. The summed E-state index contributed by atoms with van der Waals surface area (Å²) in [6.45, 7) is 3.02. The molecule has 0 N–H and O–H groups in total. The minimum absolute atomic E-state index is 0.101. The summed E-state index contributed by atoms with van der Waals surface area (Å²) in [6.07, 6.45) is 4.84. The molecule has 4 rings (SSSR count). The van der Waals surface area contributed by atoms with Gasteiger partial charge in [-0.25, -0.2) is 0 Å². The number of allylic oxidation sites excluding steroid dienone is 2. The van der Waals surface area contributed by atoms with E-state index in [1.807, 2.05) is 32.1 Å². The maximum Gasteiger partial charge on any atom is 0.326 e. The van der Waals surface area contributed by atoms with E-state index < -0.39 is 19.1 Å². The molecule has 1 saturated heterocycles. The summed E-state index contributed by atoms with van der Waals surface area (Å²) in [4.78, 5) is 50.4. The average molecular weight is 367 g/mol. The van der Waals surface area contributed by atoms with Crippen LogP contribution in [-0.4, -0.2) is 41.6 Å². The van der Waals surface area contributed by atoms with Crippen molar-refractivity contribution in [3.8, 4) is 0 Å². The normalized spacial score (nSPS) is 28.0. The van der Waals surface area contributed by atoms with Crippen LogP contribution in [0.3, 0.4) is 0 Å². The van der Waals surface area contributed by atoms with E-state index in [-0.39, 0.29) is 41.3 Å². The number of hydrogen-bond acceptors (Lipinski definition) is 5. The van der Waals surface area contributed by atoms with E-state index in [1.54, 1.807) is 12.1 Å². The van der Waals surface area contributed by atoms with Crippen molar-refractivity contribution in [2.45, 2.75) is 20.3 Å². The molecule has 27 heavy (non-hydrogen) atoms. The van der Waals surface area contributed by atoms with Crippen molar-refractivity contribution in [2.24, 2.45) is 23.7 Å². The topological polar surface area (TPSA) is 80.8 Å². The third kappa shape index (κ3) is 2.89. The molecule has 2 amide bonds. The van der Waals surface area contributed by atoms with E-state index in [2.05, 4.69) is 0 Å². The summed E-state index contributed by atoms with van der Waals surface area (Å²) >= 11 is 0. The molecule has 1 heterocycles. The lowest BCUT2D eigenvalue weighted by Gasteiger charge is -2.16. The molecule has 1 saturated carbocycles. The van der Waals surface area contributed by atoms with Crippen LogP contribution in [0.2, 0.25) is 0 Å². The highest BCUT2D eigenvalue weighted by molar-refractivity contribution is 6.08. The molecule has 140 valence electrons. The van der Waals surface area contributed by atoms with Crippen LogP contribution in [0.1, 0.15) is 27.9 Å². The van der Waals surface area contributed by atoms with Gasteiger partial charge in [0, 0.05) is 5.56 Å². The monoisotopic (exact) mass is 367 g/mol. The van der Waals surface area contributed by atoms with E-state index in [0.717, 1.165) is 22.4 Å². The van der Waals surface area contributed by atoms with E-state index in [0.29, 0.717) is 5.56 Å². The Morgan fingerprint density at radius 3 is 2.26 bits per heavy atom. The maximum absolute atomic E-state index is 12.5. The molecule has 0 aromatic heterocycles. The molecule has 0 unspecified atom stereocenters. The molecule has 0 radical (unpaired) electrons. The second-order valence-electron chi connectivity index (χ2n) is 7.65. The van der Waals surface area contributed by atoms with E-state index in [9.17, 15) is 19.2 Å². The molecule has 3 aliphatic rings. The lowest BCUT2D eigenvalue weighted by molar-refractivity contribution is -0.152. The van der Waals surface area contributed by atoms with Crippen LogP contribution in [0, 0.1) is 37.5 Å². The van der Waals surface area contributed by atoms with Gasteiger partial charge in [-0.05, 0) is 49.3 Å². The second-order valence-corrected chi connectivity index (χ2v) is 7.65. The quantitative estimate of drug-likeness (QED) is 0.343. The minimum atomic E-state index is -0.742. The number of rotatable bonds is 5. The molecular weight excluding hydrogens is 346 g/mol. The van der Waals surface area contributed by atoms with Gasteiger partial charge in [0.2, 0.25) is 11.8 Å². The van der Waals surface area contributed by atoms with Crippen molar-refractivity contribution in [1.82, 2.24) is 4.90 Å². The van der Waals surface area contributed by atoms with Gasteiger partial charge in [-0.1, -0.05) is 24.3 Å². The zero-order valence-corrected chi connectivity index (χ0v) is 15.3. The number of likely N-dealkylation sites (tertiary alicyclic amines) is 1. The summed E-state index contributed by atoms with van der Waals surface area (Å²) in [5.74, 6) is -2.11. The Hall–Kier alpha value is -2.76. The fraction of sp³-hybridized carbons (Fsp3) is 0.429. The van der Waals surface area contributed by atoms with Crippen LogP contribution in [0.4, 0.5) is 0 Å². The van der Waals surface area contributed by atoms with E-state index in [4.69, 9.17) is 4.74 Å². The molecule has 0 spiro atoms. The van der Waals surface area contributed by atoms with Crippen molar-refractivity contribution < 1.29 is 23.9 Å². The summed E-state index contributed by atoms with van der Waals surface area (Å²) in [5, 5.41) is 0. The van der Waals surface area contributed by atoms with Crippen molar-refractivity contribution in [1.29, 1.82) is 0 Å². The Labute approximate surface area is 157 Å². The van der Waals surface area contributed by atoms with Gasteiger partial charge < -0.3 is 4.74 Å². The van der Waals surface area contributed by atoms with E-state index in [1.165, 1.54) is 0 Å². The number of carbonyl (C=O) groups excluding carboxylic acids is 4. The number of ketones is 1. The van der Waals surface area contributed by atoms with Crippen LogP contribution in [0.15, 0.2) is 30.4 Å². The number of amides is 2. The molecule has 1 aliphatic heterocycles. The first-order chi connectivity index (χ1) is 12.9. The number of esters is 1. The number of aryl methyl sites for hydroxylation is 2. The van der Waals surface area contributed by atoms with Gasteiger partial charge in [0.15, 0.2) is 12.4 Å². The summed E-state index contributed by atoms with van der Waals surface area (Å²) in [5.41, 5.74) is 2.52. The highest BCUT2D eigenvalue weighted by Gasteiger charge is 2.59. The van der Waals surface area contributed by atoms with Gasteiger partial charge in [-0.3, -0.25) is 24.1 Å². The smallest absolute Gasteiger partial charge is 0.326 e. The van der Waals surface area contributed by atoms with Gasteiger partial charge in [0.05, 0.1) is 11.8 Å². The first kappa shape index (κ1) is 17.6. The van der Waals surface area contributed by atoms with Gasteiger partial charge in [0.25, 0.3) is 0 Å². The molecule has 2 aliphatic carbocycles. The number of hydrogen-bond donors (Lipinski definition) is 0. The number of ether oxygens (including phenoxy) is 1. The molecule has 1 aromatic rings. The summed E-state index contributed by atoms with van der Waals surface area (Å²) < 4.78 is 5.03. The Kier molecular flexibility index (Phi) is 4.21. The maximum atomic E-state index is 12.5. The summed E-state index contributed by atoms with van der Waals surface area (Å²) in [7, 11) is 0. The number of Topliss-reactive ketones (excluding diaryl/α,β-unsaturated/α-hetero) is 1. The molecule has 6 nitrogen and oxygen atoms in total. The number of imide groups is 1. The third-order valence-corrected chi connectivity index (χ3v) is 6.04. The lowest BCUT2D eigenvalue weighted by atomic mass is 9.85. The van der Waals surface area contributed by atoms with Gasteiger partial charge in [-0.15, -0.1) is 0 Å². The van der Waals surface area contributed by atoms with Gasteiger partial charge in [-0.2, -0.15) is 0 Å². The first-order valence-corrected chi connectivity index (χ1v) is 9.16. The molecule has 2 bridgehead atoms. The first-order valence-electron chi connectivity index (χ1n) is 9.16. The SMILES string of the molecule is Cc1ccc(C(=O)COC(=O)CN2C(=O)[C@@H]3[C@H](C2=O)[C@@H]2C=C[C@H]3C2)cc1C. The molecule has 1 aromatic carbocycles. The standard InChI is InChI=1S/C21H21NO5/c1-11-3-4-13(7-12(11)2)16(23)10-27-17(24)9-22-20(25)18-14-5-6-15(8-14)19(18)21(22)26/h3-7,14-15,18-19H,8-10H2,1-2H3/t14-,15+,18-,19+. The zero-order valence-electron chi connectivity index (χ0n) is 15.3. The van der Waals surface area contributed by atoms with Gasteiger partial charge >= 0.3 is 5.97 Å². The summed E-state index contributed by atoms with van der Waals surface area (Å²) in [6, 6.07) is 5.28. The van der Waals surface area contributed by atoms with Crippen LogP contribution in [0.5, 0.6) is 0 Å². The van der Waals surface area contributed by atoms with Crippen molar-refractivity contribution >= 4 is 23.6 Å². The Balaban J connectivity index is 1.35. The largest absolute Gasteiger partial charge is 0.456 e.